The average molecular weight is 496 g/mol. The minimum absolute atomic E-state index is 0.0769. The summed E-state index contributed by atoms with van der Waals surface area (Å²) >= 11 is 0. The van der Waals surface area contributed by atoms with E-state index in [-0.39, 0.29) is 18.6 Å². The Hall–Kier alpha value is -3.06. The Balaban J connectivity index is 1.51. The first-order valence-corrected chi connectivity index (χ1v) is 13.7. The van der Waals surface area contributed by atoms with E-state index < -0.39 is 10.0 Å². The van der Waals surface area contributed by atoms with Crippen molar-refractivity contribution < 1.29 is 22.6 Å². The largest absolute Gasteiger partial charge is 0.491 e. The fourth-order valence-electron chi connectivity index (χ4n) is 4.66. The molecule has 1 atom stereocenters. The number of ether oxygens (including phenoxy) is 3. The summed E-state index contributed by atoms with van der Waals surface area (Å²) in [5.74, 6) is 0.760. The number of sulfonamides is 1. The van der Waals surface area contributed by atoms with E-state index in [0.717, 1.165) is 41.4 Å². The third-order valence-corrected chi connectivity index (χ3v) is 8.05. The molecule has 1 saturated carbocycles. The Morgan fingerprint density at radius 1 is 1.20 bits per heavy atom. The van der Waals surface area contributed by atoms with E-state index in [1.807, 2.05) is 37.3 Å². The van der Waals surface area contributed by atoms with Crippen molar-refractivity contribution in [3.63, 3.8) is 0 Å². The molecule has 1 aromatic heterocycles. The number of hydrogen-bond acceptors (Lipinski definition) is 6. The topological polar surface area (TPSA) is 103 Å². The van der Waals surface area contributed by atoms with E-state index in [0.29, 0.717) is 42.7 Å². The molecule has 2 aromatic carbocycles. The molecule has 3 aromatic rings. The predicted octanol–water partition coefficient (Wildman–Crippen LogP) is 4.81. The lowest BCUT2D eigenvalue weighted by atomic mass is 9.92. The van der Waals surface area contributed by atoms with Gasteiger partial charge in [-0.1, -0.05) is 19.1 Å². The van der Waals surface area contributed by atoms with Gasteiger partial charge in [0.05, 0.1) is 29.1 Å². The molecule has 1 N–H and O–H groups in total. The Bertz CT molecular complexity index is 1350. The molecule has 1 saturated heterocycles. The van der Waals surface area contributed by atoms with Crippen molar-refractivity contribution in [3.05, 3.63) is 48.0 Å². The fraction of sp³-hybridized carbons (Fsp3) is 0.423. The molecular weight excluding hydrogens is 466 g/mol. The molecule has 1 aliphatic carbocycles. The Morgan fingerprint density at radius 2 is 2.00 bits per heavy atom. The number of anilines is 1. The van der Waals surface area contributed by atoms with Gasteiger partial charge in [-0.15, -0.1) is 0 Å². The van der Waals surface area contributed by atoms with Crippen molar-refractivity contribution in [1.29, 1.82) is 5.26 Å². The number of fused-ring (bicyclic) bond motifs is 1. The zero-order chi connectivity index (χ0) is 24.4. The second kappa shape index (κ2) is 9.90. The SMILES string of the molecule is CCCS(=O)(=O)Nc1ccc(-c2c(C#N)c3cc(OCC4COCO4)ccc3n2C2CCC2)cc1. The quantitative estimate of drug-likeness (QED) is 0.457. The number of hydrogen-bond donors (Lipinski definition) is 1. The Kier molecular flexibility index (Phi) is 6.69. The number of nitrogens with one attached hydrogen (secondary N) is 1. The smallest absolute Gasteiger partial charge is 0.232 e. The van der Waals surface area contributed by atoms with Crippen molar-refractivity contribution >= 4 is 26.6 Å². The van der Waals surface area contributed by atoms with E-state index in [1.54, 1.807) is 12.1 Å². The molecule has 0 spiro atoms. The highest BCUT2D eigenvalue weighted by molar-refractivity contribution is 7.92. The van der Waals surface area contributed by atoms with Crippen molar-refractivity contribution in [1.82, 2.24) is 4.57 Å². The van der Waals surface area contributed by atoms with Gasteiger partial charge in [0.1, 0.15) is 31.3 Å². The molecule has 1 aliphatic heterocycles. The lowest BCUT2D eigenvalue weighted by molar-refractivity contribution is 0.0320. The second-order valence-electron chi connectivity index (χ2n) is 9.06. The van der Waals surface area contributed by atoms with Crippen LogP contribution in [0.25, 0.3) is 22.2 Å². The molecule has 0 amide bonds. The van der Waals surface area contributed by atoms with Crippen LogP contribution in [0.2, 0.25) is 0 Å². The summed E-state index contributed by atoms with van der Waals surface area (Å²) in [6, 6.07) is 15.9. The second-order valence-corrected chi connectivity index (χ2v) is 10.9. The molecule has 9 heteroatoms. The first-order valence-electron chi connectivity index (χ1n) is 12.0. The zero-order valence-electron chi connectivity index (χ0n) is 19.7. The first kappa shape index (κ1) is 23.7. The third-order valence-electron chi connectivity index (χ3n) is 6.56. The maximum Gasteiger partial charge on any atom is 0.232 e. The van der Waals surface area contributed by atoms with Gasteiger partial charge < -0.3 is 18.8 Å². The molecule has 35 heavy (non-hydrogen) atoms. The van der Waals surface area contributed by atoms with E-state index in [4.69, 9.17) is 14.2 Å². The summed E-state index contributed by atoms with van der Waals surface area (Å²) in [6.07, 6.45) is 3.74. The molecule has 184 valence electrons. The van der Waals surface area contributed by atoms with Crippen LogP contribution in [0, 0.1) is 11.3 Å². The average Bonchev–Trinajstić information content (AvgIpc) is 3.43. The maximum atomic E-state index is 12.1. The van der Waals surface area contributed by atoms with Crippen molar-refractivity contribution in [3.8, 4) is 23.1 Å². The first-order chi connectivity index (χ1) is 17.0. The highest BCUT2D eigenvalue weighted by Crippen LogP contribution is 2.43. The maximum absolute atomic E-state index is 12.1. The Labute approximate surface area is 205 Å². The minimum Gasteiger partial charge on any atom is -0.491 e. The van der Waals surface area contributed by atoms with E-state index >= 15 is 0 Å². The summed E-state index contributed by atoms with van der Waals surface area (Å²) in [7, 11) is -3.37. The van der Waals surface area contributed by atoms with Crippen LogP contribution in [0.4, 0.5) is 5.69 Å². The molecule has 2 fully saturated rings. The van der Waals surface area contributed by atoms with Gasteiger partial charge in [-0.05, 0) is 61.6 Å². The van der Waals surface area contributed by atoms with Crippen molar-refractivity contribution in [2.24, 2.45) is 0 Å². The summed E-state index contributed by atoms with van der Waals surface area (Å²) in [4.78, 5) is 0. The van der Waals surface area contributed by atoms with Gasteiger partial charge in [0, 0.05) is 17.1 Å². The standard InChI is InChI=1S/C26H29N3O5S/c1-2-12-35(30,31)28-19-8-6-18(7-9-19)26-24(14-27)23-13-21(33-16-22-15-32-17-34-22)10-11-25(23)29(26)20-4-3-5-20/h6-11,13,20,22,28H,2-5,12,15-17H2,1H3. The van der Waals surface area contributed by atoms with Crippen LogP contribution < -0.4 is 9.46 Å². The molecule has 1 unspecified atom stereocenters. The molecular formula is C26H29N3O5S. The van der Waals surface area contributed by atoms with Crippen LogP contribution in [0.1, 0.15) is 44.2 Å². The number of nitrogens with zero attached hydrogens (tertiary/aromatic N) is 2. The number of rotatable bonds is 9. The lowest BCUT2D eigenvalue weighted by Crippen LogP contribution is -2.19. The molecule has 2 heterocycles. The van der Waals surface area contributed by atoms with Crippen LogP contribution >= 0.6 is 0 Å². The van der Waals surface area contributed by atoms with Crippen LogP contribution in [0.3, 0.4) is 0 Å². The summed E-state index contributed by atoms with van der Waals surface area (Å²) < 4.78 is 45.8. The number of benzene rings is 2. The molecule has 0 bridgehead atoms. The van der Waals surface area contributed by atoms with Gasteiger partial charge in [0.2, 0.25) is 10.0 Å². The number of nitriles is 1. The van der Waals surface area contributed by atoms with Crippen LogP contribution in [0.15, 0.2) is 42.5 Å². The third kappa shape index (κ3) is 4.87. The predicted molar refractivity (Wildman–Crippen MR) is 134 cm³/mol. The summed E-state index contributed by atoms with van der Waals surface area (Å²) in [5, 5.41) is 11.0. The molecule has 8 nitrogen and oxygen atoms in total. The monoisotopic (exact) mass is 495 g/mol. The minimum atomic E-state index is -3.37. The zero-order valence-corrected chi connectivity index (χ0v) is 20.5. The highest BCUT2D eigenvalue weighted by Gasteiger charge is 2.28. The van der Waals surface area contributed by atoms with Crippen molar-refractivity contribution in [2.75, 3.05) is 30.5 Å². The normalized spacial score (nSPS) is 18.3. The molecule has 5 rings (SSSR count). The van der Waals surface area contributed by atoms with Gasteiger partial charge in [0.25, 0.3) is 0 Å². The van der Waals surface area contributed by atoms with Gasteiger partial charge in [-0.3, -0.25) is 4.72 Å². The van der Waals surface area contributed by atoms with Gasteiger partial charge in [-0.2, -0.15) is 5.26 Å². The van der Waals surface area contributed by atoms with Crippen LogP contribution in [-0.4, -0.2) is 44.8 Å². The van der Waals surface area contributed by atoms with E-state index in [1.165, 1.54) is 0 Å². The van der Waals surface area contributed by atoms with Gasteiger partial charge in [0.15, 0.2) is 0 Å². The van der Waals surface area contributed by atoms with Gasteiger partial charge in [-0.25, -0.2) is 8.42 Å². The Morgan fingerprint density at radius 3 is 2.63 bits per heavy atom. The van der Waals surface area contributed by atoms with Crippen LogP contribution in [0.5, 0.6) is 5.75 Å². The van der Waals surface area contributed by atoms with Crippen molar-refractivity contribution in [2.45, 2.75) is 44.8 Å². The summed E-state index contributed by atoms with van der Waals surface area (Å²) in [6.45, 7) is 3.02. The molecule has 0 radical (unpaired) electrons. The molecule has 2 aliphatic rings. The van der Waals surface area contributed by atoms with E-state index in [9.17, 15) is 13.7 Å². The lowest BCUT2D eigenvalue weighted by Gasteiger charge is -2.30. The van der Waals surface area contributed by atoms with Gasteiger partial charge >= 0.3 is 0 Å². The summed E-state index contributed by atoms with van der Waals surface area (Å²) in [5.41, 5.74) is 3.85. The van der Waals surface area contributed by atoms with Crippen LogP contribution in [-0.2, 0) is 19.5 Å². The fourth-order valence-corrected chi connectivity index (χ4v) is 5.79. The highest BCUT2D eigenvalue weighted by atomic mass is 32.2. The number of aromatic nitrogens is 1. The van der Waals surface area contributed by atoms with E-state index in [2.05, 4.69) is 15.4 Å².